The van der Waals surface area contributed by atoms with E-state index in [9.17, 15) is 19.2 Å². The molecule has 98 heavy (non-hydrogen) atoms. The molecule has 5 saturated carbocycles. The minimum Gasteiger partial charge on any atom is -0.348 e. The normalized spacial score (nSPS) is 15.9. The number of halogens is 2. The van der Waals surface area contributed by atoms with E-state index in [-0.39, 0.29) is 53.3 Å². The lowest BCUT2D eigenvalue weighted by molar-refractivity contribution is 0.0957. The molecule has 0 saturated heterocycles. The van der Waals surface area contributed by atoms with Crippen molar-refractivity contribution in [3.63, 3.8) is 0 Å². The number of nitrogens with zero attached hydrogens (tertiary/aromatic N) is 18. The molecule has 5 aliphatic carbocycles. The van der Waals surface area contributed by atoms with Crippen LogP contribution in [0.15, 0.2) is 148 Å². The van der Waals surface area contributed by atoms with E-state index in [0.717, 1.165) is 101 Å². The van der Waals surface area contributed by atoms with Crippen molar-refractivity contribution in [1.82, 2.24) is 85.4 Å². The van der Waals surface area contributed by atoms with E-state index in [0.29, 0.717) is 78.6 Å². The predicted molar refractivity (Wildman–Crippen MR) is 379 cm³/mol. The van der Waals surface area contributed by atoms with Gasteiger partial charge in [-0.25, -0.2) is 19.3 Å². The summed E-state index contributed by atoms with van der Waals surface area (Å²) in [7, 11) is 0. The molecule has 19 rings (SSSR count). The van der Waals surface area contributed by atoms with E-state index in [1.165, 1.54) is 51.4 Å². The number of carbonyl (C=O) groups excluding carboxylic acids is 4. The number of benzene rings is 4. The first-order valence-electron chi connectivity index (χ1n) is 31.0. The van der Waals surface area contributed by atoms with Gasteiger partial charge in [-0.15, -0.1) is 42.9 Å². The highest BCUT2D eigenvalue weighted by molar-refractivity contribution is 9.10. The Kier molecular flexibility index (Phi) is 22.0. The number of anilines is 1. The first-order chi connectivity index (χ1) is 45.9. The number of fused-ring (bicyclic) bond motifs is 4. The molecule has 0 bridgehead atoms. The third-order valence-corrected chi connectivity index (χ3v) is 17.9. The maximum absolute atomic E-state index is 13.3. The van der Waals surface area contributed by atoms with Crippen LogP contribution in [0, 0.1) is 18.3 Å². The van der Waals surface area contributed by atoms with Crippen LogP contribution in [-0.4, -0.2) is 93.1 Å². The first-order valence-corrected chi connectivity index (χ1v) is 32.6. The number of pyridine rings is 2. The number of hydrogen-bond acceptors (Lipinski definition) is 15. The van der Waals surface area contributed by atoms with Gasteiger partial charge in [-0.05, 0) is 175 Å². The number of azide groups is 1. The molecule has 4 aromatic carbocycles. The molecule has 5 fully saturated rings. The second-order valence-electron chi connectivity index (χ2n) is 23.9. The van der Waals surface area contributed by atoms with Gasteiger partial charge in [-0.2, -0.15) is 0 Å². The summed E-state index contributed by atoms with van der Waals surface area (Å²) < 4.78 is 9.47. The highest BCUT2D eigenvalue weighted by atomic mass is 79.9. The average Bonchev–Trinajstić information content (AvgIpc) is 1.63. The second kappa shape index (κ2) is 30.7. The van der Waals surface area contributed by atoms with E-state index in [1.54, 1.807) is 45.1 Å². The molecule has 0 atom stereocenters. The quantitative estimate of drug-likeness (QED) is 0.0377. The minimum absolute atomic E-state index is 0. The SMILES string of the molecule is Brc1cccc(-c2nncn2C2CC2)n1.C.C.C.C.C#CC1CC1.O=C1NCc2ccc(-n3cc(C4CC4)nn3)cc21.O=C1NCc2ccc(Br)cc21.O=C1c2cc(-n3cc(C4CC4)nn3)ccc2CN1c1cccc(-c2nncn2C2CC2)n1.[N-]=[N+]=Nc1ccc2c(c1)C(=O)NC2. The topological polar surface area (TPSA) is 305 Å². The first kappa shape index (κ1) is 70.3. The van der Waals surface area contributed by atoms with Gasteiger partial charge in [-0.3, -0.25) is 24.1 Å². The van der Waals surface area contributed by atoms with E-state index in [4.69, 9.17) is 16.9 Å². The van der Waals surface area contributed by atoms with Crippen LogP contribution in [0.3, 0.4) is 0 Å². The van der Waals surface area contributed by atoms with E-state index in [2.05, 4.69) is 119 Å². The van der Waals surface area contributed by atoms with Gasteiger partial charge < -0.3 is 25.1 Å². The Balaban J connectivity index is 0.000000136. The number of terminal acetylenes is 1. The van der Waals surface area contributed by atoms with Crippen LogP contribution in [0.1, 0.15) is 193 Å². The molecule has 4 aliphatic heterocycles. The molecular formula is C71H75Br2N21O4. The van der Waals surface area contributed by atoms with Crippen molar-refractivity contribution in [2.75, 3.05) is 4.90 Å². The van der Waals surface area contributed by atoms with Crippen LogP contribution in [0.4, 0.5) is 11.5 Å². The molecule has 6 aromatic heterocycles. The summed E-state index contributed by atoms with van der Waals surface area (Å²) in [5, 5.41) is 44.9. The van der Waals surface area contributed by atoms with Gasteiger partial charge in [0.05, 0.1) is 41.7 Å². The zero-order chi connectivity index (χ0) is 64.4. The molecule has 502 valence electrons. The largest absolute Gasteiger partial charge is 0.348 e. The lowest BCUT2D eigenvalue weighted by atomic mass is 10.1. The van der Waals surface area contributed by atoms with E-state index < -0.39 is 0 Å². The number of nitrogens with one attached hydrogen (secondary N) is 3. The molecule has 4 amide bonds. The molecule has 27 heteroatoms. The van der Waals surface area contributed by atoms with Crippen LogP contribution in [-0.2, 0) is 26.2 Å². The Bertz CT molecular complexity index is 4680. The summed E-state index contributed by atoms with van der Waals surface area (Å²) in [5.41, 5.74) is 21.0. The van der Waals surface area contributed by atoms with Gasteiger partial charge in [0.25, 0.3) is 23.6 Å². The highest BCUT2D eigenvalue weighted by Gasteiger charge is 2.33. The van der Waals surface area contributed by atoms with Crippen molar-refractivity contribution < 1.29 is 19.2 Å². The molecule has 10 aromatic rings. The van der Waals surface area contributed by atoms with Crippen molar-refractivity contribution in [1.29, 1.82) is 0 Å². The second-order valence-corrected chi connectivity index (χ2v) is 25.7. The molecule has 10 heterocycles. The Morgan fingerprint density at radius 1 is 0.541 bits per heavy atom. The summed E-state index contributed by atoms with van der Waals surface area (Å²) in [6.07, 6.45) is 24.5. The van der Waals surface area contributed by atoms with Crippen LogP contribution in [0.2, 0.25) is 0 Å². The van der Waals surface area contributed by atoms with Gasteiger partial charge in [0.1, 0.15) is 34.5 Å². The zero-order valence-electron chi connectivity index (χ0n) is 50.5. The fourth-order valence-corrected chi connectivity index (χ4v) is 11.7. The summed E-state index contributed by atoms with van der Waals surface area (Å²) in [6, 6.07) is 35.1. The molecule has 25 nitrogen and oxygen atoms in total. The van der Waals surface area contributed by atoms with Gasteiger partial charge >= 0.3 is 0 Å². The summed E-state index contributed by atoms with van der Waals surface area (Å²) >= 11 is 6.67. The number of carbonyl (C=O) groups is 4. The minimum atomic E-state index is -0.106. The number of hydrogen-bond donors (Lipinski definition) is 3. The van der Waals surface area contributed by atoms with Crippen LogP contribution in [0.5, 0.6) is 0 Å². The van der Waals surface area contributed by atoms with Gasteiger partial charge in [0.15, 0.2) is 11.6 Å². The Morgan fingerprint density at radius 3 is 1.53 bits per heavy atom. The Hall–Kier alpha value is -10.6. The highest BCUT2D eigenvalue weighted by Crippen LogP contribution is 2.41. The van der Waals surface area contributed by atoms with Gasteiger partial charge in [0.2, 0.25) is 0 Å². The van der Waals surface area contributed by atoms with Crippen molar-refractivity contribution in [3.8, 4) is 46.8 Å². The van der Waals surface area contributed by atoms with Crippen LogP contribution < -0.4 is 20.9 Å². The maximum atomic E-state index is 13.3. The van der Waals surface area contributed by atoms with Crippen molar-refractivity contribution in [2.45, 2.75) is 144 Å². The predicted octanol–water partition coefficient (Wildman–Crippen LogP) is 14.3. The zero-order valence-corrected chi connectivity index (χ0v) is 53.7. The van der Waals surface area contributed by atoms with E-state index in [1.807, 2.05) is 103 Å². The van der Waals surface area contributed by atoms with Gasteiger partial charge in [-0.1, -0.05) is 104 Å². The molecule has 0 unspecified atom stereocenters. The number of amides is 4. The van der Waals surface area contributed by atoms with Gasteiger partial charge in [0, 0.05) is 86.8 Å². The average molecular weight is 1450 g/mol. The third-order valence-electron chi connectivity index (χ3n) is 16.9. The molecular weight excluding hydrogens is 1370 g/mol. The van der Waals surface area contributed by atoms with Crippen molar-refractivity contribution >= 4 is 67.0 Å². The lowest BCUT2D eigenvalue weighted by Gasteiger charge is -2.15. The van der Waals surface area contributed by atoms with Crippen molar-refractivity contribution in [3.05, 3.63) is 210 Å². The summed E-state index contributed by atoms with van der Waals surface area (Å²) in [5.74, 6) is 6.52. The number of aromatic nitrogens is 14. The third kappa shape index (κ3) is 16.1. The summed E-state index contributed by atoms with van der Waals surface area (Å²) in [6.45, 7) is 2.34. The smallest absolute Gasteiger partial charge is 0.260 e. The number of rotatable bonds is 10. The fraction of sp³-hybridized carbons (Fsp3) is 0.324. The van der Waals surface area contributed by atoms with Crippen LogP contribution in [0.25, 0.3) is 44.9 Å². The maximum Gasteiger partial charge on any atom is 0.260 e. The fourth-order valence-electron chi connectivity index (χ4n) is 11.0. The van der Waals surface area contributed by atoms with E-state index >= 15 is 0 Å². The molecule has 9 aliphatic rings. The lowest BCUT2D eigenvalue weighted by Crippen LogP contribution is -2.24. The van der Waals surface area contributed by atoms with Crippen molar-refractivity contribution in [2.24, 2.45) is 11.0 Å². The summed E-state index contributed by atoms with van der Waals surface area (Å²) in [4.78, 5) is 60.7. The molecule has 0 radical (unpaired) electrons. The van der Waals surface area contributed by atoms with Crippen LogP contribution >= 0.6 is 31.9 Å². The monoisotopic (exact) mass is 1440 g/mol. The molecule has 3 N–H and O–H groups in total. The standard InChI is InChI=1S/C23H20N8O.C13H12N4O.C10H9BrN4.C8H6BrNO.C8H6N4O.C5H6.4CH4/c32-23-18-10-17(31-12-20(26-28-31)14-4-5-14)7-6-15(18)11-29(23)21-3-1-2-19(25-21)22-27-24-13-30(22)16-8-9-16;18-13-11-5-10(4-3-9(11)6-14-13)17-7-12(15-16-17)8-1-2-8;11-9-3-1-2-8(13-9)10-14-12-6-15(10)7-4-5-7;9-6-2-1-5-4-10-8(11)7(5)3-6;9-12-11-6-2-1-5-4-10-8(13)7(5)3-6;1-2-5-3-4-5;;;;/h1-3,6-7,10,12-14,16H,4-5,8-9,11H2;3-5,7-8H,1-2,6H2,(H,14,18);1-3,6-7H,4-5H2;1-3H,4H2,(H,10,11);1-3H,4H2,(H,10,13);1,5H,3-4H2;4*1H4. The Labute approximate surface area is 584 Å². The Morgan fingerprint density at radius 2 is 1.03 bits per heavy atom. The molecule has 0 spiro atoms.